The fourth-order valence-corrected chi connectivity index (χ4v) is 2.28. The van der Waals surface area contributed by atoms with Gasteiger partial charge in [-0.05, 0) is 19.1 Å². The molecule has 1 heterocycles. The normalized spacial score (nSPS) is 10.6. The van der Waals surface area contributed by atoms with Crippen molar-refractivity contribution in [1.82, 2.24) is 9.78 Å². The predicted octanol–water partition coefficient (Wildman–Crippen LogP) is 3.79. The van der Waals surface area contributed by atoms with Crippen LogP contribution < -0.4 is 5.32 Å². The molecule has 0 aliphatic heterocycles. The maximum absolute atomic E-state index is 13.7. The molecule has 0 radical (unpaired) electrons. The Hall–Kier alpha value is -2.95. The van der Waals surface area contributed by atoms with Crippen molar-refractivity contribution in [2.45, 2.75) is 6.92 Å². The van der Waals surface area contributed by atoms with E-state index in [0.717, 1.165) is 16.8 Å². The largest absolute Gasteiger partial charge is 0.307 e. The Morgan fingerprint density at radius 2 is 1.83 bits per heavy atom. The minimum atomic E-state index is -0.550. The first-order valence-corrected chi connectivity index (χ1v) is 7.21. The monoisotopic (exact) mass is 309 g/mol. The highest BCUT2D eigenvalue weighted by atomic mass is 19.1. The molecule has 0 spiro atoms. The molecule has 3 aromatic rings. The van der Waals surface area contributed by atoms with Gasteiger partial charge in [0.2, 0.25) is 0 Å². The number of anilines is 1. The number of rotatable bonds is 3. The second-order valence-corrected chi connectivity index (χ2v) is 5.34. The van der Waals surface area contributed by atoms with Crippen molar-refractivity contribution in [2.24, 2.45) is 7.05 Å². The fraction of sp³-hybridized carbons (Fsp3) is 0.111. The van der Waals surface area contributed by atoms with Crippen molar-refractivity contribution in [3.05, 3.63) is 71.5 Å². The van der Waals surface area contributed by atoms with Crippen molar-refractivity contribution < 1.29 is 9.18 Å². The maximum Gasteiger partial charge on any atom is 0.259 e. The number of hydrogen-bond donors (Lipinski definition) is 1. The zero-order valence-electron chi connectivity index (χ0n) is 12.9. The molecule has 0 saturated carbocycles. The summed E-state index contributed by atoms with van der Waals surface area (Å²) in [5.74, 6) is -0.540. The van der Waals surface area contributed by atoms with Crippen LogP contribution in [0.3, 0.4) is 0 Å². The number of hydrogen-bond acceptors (Lipinski definition) is 2. The maximum atomic E-state index is 13.7. The van der Waals surface area contributed by atoms with Crippen LogP contribution in [0.1, 0.15) is 15.9 Å². The standard InChI is InChI=1S/C18H16FN3O/c1-12-7-9-13(10-8-12)16-11-17(22(2)21-16)20-18(23)14-5-3-4-6-15(14)19/h3-11H,1-2H3,(H,20,23). The van der Waals surface area contributed by atoms with E-state index in [1.165, 1.54) is 12.1 Å². The minimum Gasteiger partial charge on any atom is -0.307 e. The van der Waals surface area contributed by atoms with Crippen LogP contribution in [0.25, 0.3) is 11.3 Å². The summed E-state index contributed by atoms with van der Waals surface area (Å²) in [5.41, 5.74) is 2.87. The number of amides is 1. The molecule has 1 N–H and O–H groups in total. The van der Waals surface area contributed by atoms with Gasteiger partial charge in [0.1, 0.15) is 11.6 Å². The van der Waals surface area contributed by atoms with Gasteiger partial charge >= 0.3 is 0 Å². The Balaban J connectivity index is 1.86. The number of aromatic nitrogens is 2. The van der Waals surface area contributed by atoms with E-state index in [0.29, 0.717) is 5.82 Å². The van der Waals surface area contributed by atoms with Gasteiger partial charge in [0.05, 0.1) is 11.3 Å². The second kappa shape index (κ2) is 6.04. The third-order valence-electron chi connectivity index (χ3n) is 3.59. The lowest BCUT2D eigenvalue weighted by Crippen LogP contribution is -2.15. The van der Waals surface area contributed by atoms with Crippen LogP contribution in [0.15, 0.2) is 54.6 Å². The lowest BCUT2D eigenvalue weighted by Gasteiger charge is -2.05. The van der Waals surface area contributed by atoms with E-state index in [1.54, 1.807) is 29.9 Å². The lowest BCUT2D eigenvalue weighted by molar-refractivity contribution is 0.102. The Labute approximate surface area is 133 Å². The molecule has 0 unspecified atom stereocenters. The number of aryl methyl sites for hydroxylation is 2. The van der Waals surface area contributed by atoms with E-state index in [1.807, 2.05) is 31.2 Å². The van der Waals surface area contributed by atoms with E-state index < -0.39 is 11.7 Å². The molecule has 0 saturated heterocycles. The highest BCUT2D eigenvalue weighted by Gasteiger charge is 2.14. The summed E-state index contributed by atoms with van der Waals surface area (Å²) in [5, 5.41) is 7.08. The SMILES string of the molecule is Cc1ccc(-c2cc(NC(=O)c3ccccc3F)n(C)n2)cc1. The lowest BCUT2D eigenvalue weighted by atomic mass is 10.1. The molecule has 1 amide bonds. The van der Waals surface area contributed by atoms with Gasteiger partial charge in [0, 0.05) is 18.7 Å². The molecule has 5 heteroatoms. The van der Waals surface area contributed by atoms with E-state index in [4.69, 9.17) is 0 Å². The van der Waals surface area contributed by atoms with E-state index >= 15 is 0 Å². The molecule has 23 heavy (non-hydrogen) atoms. The summed E-state index contributed by atoms with van der Waals surface area (Å²) < 4.78 is 15.2. The number of benzene rings is 2. The number of halogens is 1. The number of carbonyl (C=O) groups is 1. The zero-order valence-corrected chi connectivity index (χ0v) is 12.9. The average Bonchev–Trinajstić information content (AvgIpc) is 2.89. The summed E-state index contributed by atoms with van der Waals surface area (Å²) in [4.78, 5) is 12.2. The third kappa shape index (κ3) is 3.13. The van der Waals surface area contributed by atoms with Gasteiger partial charge in [-0.2, -0.15) is 5.10 Å². The molecule has 3 rings (SSSR count). The van der Waals surface area contributed by atoms with E-state index in [-0.39, 0.29) is 5.56 Å². The Kier molecular flexibility index (Phi) is 3.93. The van der Waals surface area contributed by atoms with Crippen LogP contribution in [0.4, 0.5) is 10.2 Å². The van der Waals surface area contributed by atoms with E-state index in [9.17, 15) is 9.18 Å². The van der Waals surface area contributed by atoms with Gasteiger partial charge in [-0.15, -0.1) is 0 Å². The molecule has 1 aromatic heterocycles. The molecular weight excluding hydrogens is 293 g/mol. The second-order valence-electron chi connectivity index (χ2n) is 5.34. The first kappa shape index (κ1) is 15.0. The molecule has 0 bridgehead atoms. The molecule has 0 aliphatic carbocycles. The van der Waals surface area contributed by atoms with E-state index in [2.05, 4.69) is 10.4 Å². The van der Waals surface area contributed by atoms with Crippen molar-refractivity contribution in [1.29, 1.82) is 0 Å². The molecule has 4 nitrogen and oxygen atoms in total. The summed E-state index contributed by atoms with van der Waals surface area (Å²) >= 11 is 0. The smallest absolute Gasteiger partial charge is 0.259 e. The van der Waals surface area contributed by atoms with Crippen molar-refractivity contribution in [3.63, 3.8) is 0 Å². The minimum absolute atomic E-state index is 0.00517. The molecule has 2 aromatic carbocycles. The summed E-state index contributed by atoms with van der Waals surface area (Å²) in [6.07, 6.45) is 0. The molecular formula is C18H16FN3O. The van der Waals surface area contributed by atoms with Crippen molar-refractivity contribution in [2.75, 3.05) is 5.32 Å². The summed E-state index contributed by atoms with van der Waals surface area (Å²) in [6.45, 7) is 2.02. The number of nitrogens with one attached hydrogen (secondary N) is 1. The Morgan fingerprint density at radius 1 is 1.13 bits per heavy atom. The van der Waals surface area contributed by atoms with Crippen LogP contribution >= 0.6 is 0 Å². The topological polar surface area (TPSA) is 46.9 Å². The van der Waals surface area contributed by atoms with Crippen LogP contribution in [0.2, 0.25) is 0 Å². The first-order chi connectivity index (χ1) is 11.0. The number of carbonyl (C=O) groups excluding carboxylic acids is 1. The van der Waals surface area contributed by atoms with Crippen LogP contribution in [0, 0.1) is 12.7 Å². The average molecular weight is 309 g/mol. The van der Waals surface area contributed by atoms with Crippen molar-refractivity contribution in [3.8, 4) is 11.3 Å². The quantitative estimate of drug-likeness (QED) is 0.800. The summed E-state index contributed by atoms with van der Waals surface area (Å²) in [6, 6.07) is 15.6. The van der Waals surface area contributed by atoms with Crippen LogP contribution in [-0.4, -0.2) is 15.7 Å². The highest BCUT2D eigenvalue weighted by Crippen LogP contribution is 2.22. The van der Waals surface area contributed by atoms with Crippen molar-refractivity contribution >= 4 is 11.7 Å². The molecule has 0 atom stereocenters. The molecule has 0 fully saturated rings. The van der Waals surface area contributed by atoms with Gasteiger partial charge in [0.15, 0.2) is 0 Å². The third-order valence-corrected chi connectivity index (χ3v) is 3.59. The van der Waals surface area contributed by atoms with Gasteiger partial charge < -0.3 is 5.32 Å². The molecule has 116 valence electrons. The highest BCUT2D eigenvalue weighted by molar-refractivity contribution is 6.04. The predicted molar refractivity (Wildman–Crippen MR) is 87.7 cm³/mol. The van der Waals surface area contributed by atoms with Gasteiger partial charge in [-0.3, -0.25) is 9.48 Å². The fourth-order valence-electron chi connectivity index (χ4n) is 2.28. The Morgan fingerprint density at radius 3 is 2.52 bits per heavy atom. The number of nitrogens with zero attached hydrogens (tertiary/aromatic N) is 2. The van der Waals surface area contributed by atoms with Gasteiger partial charge in [0.25, 0.3) is 5.91 Å². The Bertz CT molecular complexity index is 853. The van der Waals surface area contributed by atoms with Crippen LogP contribution in [-0.2, 0) is 7.05 Å². The molecule has 0 aliphatic rings. The van der Waals surface area contributed by atoms with Crippen LogP contribution in [0.5, 0.6) is 0 Å². The summed E-state index contributed by atoms with van der Waals surface area (Å²) in [7, 11) is 1.73. The van der Waals surface area contributed by atoms with Gasteiger partial charge in [-0.25, -0.2) is 4.39 Å². The first-order valence-electron chi connectivity index (χ1n) is 7.21. The van der Waals surface area contributed by atoms with Gasteiger partial charge in [-0.1, -0.05) is 42.0 Å². The zero-order chi connectivity index (χ0) is 16.4.